The third-order valence-electron chi connectivity index (χ3n) is 2.96. The van der Waals surface area contributed by atoms with Crippen LogP contribution in [0.1, 0.15) is 24.1 Å². The van der Waals surface area contributed by atoms with E-state index in [0.717, 1.165) is 11.3 Å². The molecule has 0 bridgehead atoms. The standard InChI is InChI=1S/C14H15ClN2O2/c1-9-2-5-12(15)13(6-9)19-14-17-11(8-18-14)7-16-10-3-4-10/h2,5-6,8,10,16H,3-4,7H2,1H3. The number of hydrogen-bond donors (Lipinski definition) is 1. The molecule has 3 rings (SSSR count). The van der Waals surface area contributed by atoms with Gasteiger partial charge in [-0.25, -0.2) is 0 Å². The summed E-state index contributed by atoms with van der Waals surface area (Å²) >= 11 is 6.06. The van der Waals surface area contributed by atoms with Crippen LogP contribution in [-0.2, 0) is 6.54 Å². The van der Waals surface area contributed by atoms with Crippen LogP contribution in [-0.4, -0.2) is 11.0 Å². The fraction of sp³-hybridized carbons (Fsp3) is 0.357. The molecule has 1 aromatic heterocycles. The number of nitrogens with zero attached hydrogens (tertiary/aromatic N) is 1. The van der Waals surface area contributed by atoms with Crippen molar-refractivity contribution in [2.24, 2.45) is 0 Å². The second-order valence-electron chi connectivity index (χ2n) is 4.80. The highest BCUT2D eigenvalue weighted by molar-refractivity contribution is 6.32. The molecule has 0 spiro atoms. The summed E-state index contributed by atoms with van der Waals surface area (Å²) in [5.74, 6) is 0.560. The Morgan fingerprint density at radius 2 is 2.32 bits per heavy atom. The van der Waals surface area contributed by atoms with Crippen LogP contribution in [0.5, 0.6) is 11.8 Å². The van der Waals surface area contributed by atoms with Crippen molar-refractivity contribution in [3.63, 3.8) is 0 Å². The lowest BCUT2D eigenvalue weighted by molar-refractivity contribution is 0.330. The number of benzene rings is 1. The van der Waals surface area contributed by atoms with Gasteiger partial charge in [0.25, 0.3) is 0 Å². The number of oxazole rings is 1. The molecule has 2 aromatic rings. The molecule has 19 heavy (non-hydrogen) atoms. The zero-order valence-electron chi connectivity index (χ0n) is 10.6. The van der Waals surface area contributed by atoms with Crippen molar-refractivity contribution in [1.82, 2.24) is 10.3 Å². The van der Waals surface area contributed by atoms with Gasteiger partial charge >= 0.3 is 6.08 Å². The molecule has 1 aliphatic carbocycles. The summed E-state index contributed by atoms with van der Waals surface area (Å²) in [4.78, 5) is 4.27. The molecule has 0 saturated heterocycles. The Hall–Kier alpha value is -1.52. The zero-order chi connectivity index (χ0) is 13.2. The Morgan fingerprint density at radius 1 is 1.47 bits per heavy atom. The Balaban J connectivity index is 1.66. The lowest BCUT2D eigenvalue weighted by atomic mass is 10.2. The molecule has 0 unspecified atom stereocenters. The van der Waals surface area contributed by atoms with E-state index in [1.807, 2.05) is 19.1 Å². The second kappa shape index (κ2) is 5.23. The predicted octanol–water partition coefficient (Wildman–Crippen LogP) is 3.68. The minimum atomic E-state index is 0.222. The van der Waals surface area contributed by atoms with E-state index in [9.17, 15) is 0 Å². The molecule has 0 aliphatic heterocycles. The number of aryl methyl sites for hydroxylation is 1. The maximum Gasteiger partial charge on any atom is 0.399 e. The normalized spacial score (nSPS) is 14.6. The average Bonchev–Trinajstić information content (AvgIpc) is 3.12. The van der Waals surface area contributed by atoms with Gasteiger partial charge in [-0.2, -0.15) is 4.98 Å². The van der Waals surface area contributed by atoms with E-state index in [1.165, 1.54) is 12.8 Å². The van der Waals surface area contributed by atoms with Crippen LogP contribution in [0.3, 0.4) is 0 Å². The van der Waals surface area contributed by atoms with Gasteiger partial charge in [0.1, 0.15) is 6.26 Å². The molecule has 4 nitrogen and oxygen atoms in total. The topological polar surface area (TPSA) is 47.3 Å². The van der Waals surface area contributed by atoms with Crippen LogP contribution in [0.15, 0.2) is 28.9 Å². The van der Waals surface area contributed by atoms with Gasteiger partial charge in [-0.3, -0.25) is 0 Å². The SMILES string of the molecule is Cc1ccc(Cl)c(Oc2nc(CNC3CC3)co2)c1. The van der Waals surface area contributed by atoms with Crippen molar-refractivity contribution in [2.45, 2.75) is 32.4 Å². The first kappa shape index (κ1) is 12.5. The summed E-state index contributed by atoms with van der Waals surface area (Å²) < 4.78 is 10.8. The molecule has 1 aromatic carbocycles. The summed E-state index contributed by atoms with van der Waals surface area (Å²) in [6.45, 7) is 2.68. The molecule has 0 radical (unpaired) electrons. The maximum absolute atomic E-state index is 6.06. The fourth-order valence-corrected chi connectivity index (χ4v) is 1.89. The molecule has 5 heteroatoms. The van der Waals surface area contributed by atoms with E-state index in [1.54, 1.807) is 12.3 Å². The monoisotopic (exact) mass is 278 g/mol. The van der Waals surface area contributed by atoms with E-state index in [4.69, 9.17) is 20.8 Å². The quantitative estimate of drug-likeness (QED) is 0.906. The third kappa shape index (κ3) is 3.28. The zero-order valence-corrected chi connectivity index (χ0v) is 11.4. The summed E-state index contributed by atoms with van der Waals surface area (Å²) in [5.41, 5.74) is 1.91. The van der Waals surface area contributed by atoms with Gasteiger partial charge in [0.15, 0.2) is 5.75 Å². The van der Waals surface area contributed by atoms with Crippen LogP contribution in [0.4, 0.5) is 0 Å². The van der Waals surface area contributed by atoms with Gasteiger partial charge < -0.3 is 14.5 Å². The van der Waals surface area contributed by atoms with Gasteiger partial charge in [-0.1, -0.05) is 17.7 Å². The molecule has 0 atom stereocenters. The Bertz CT molecular complexity index is 579. The first-order chi connectivity index (χ1) is 9.20. The van der Waals surface area contributed by atoms with Crippen molar-refractivity contribution in [3.05, 3.63) is 40.7 Å². The first-order valence-corrected chi connectivity index (χ1v) is 6.70. The van der Waals surface area contributed by atoms with E-state index < -0.39 is 0 Å². The third-order valence-corrected chi connectivity index (χ3v) is 3.28. The molecule has 1 saturated carbocycles. The number of rotatable bonds is 5. The van der Waals surface area contributed by atoms with Crippen LogP contribution in [0, 0.1) is 6.92 Å². The molecule has 1 fully saturated rings. The lowest BCUT2D eigenvalue weighted by Crippen LogP contribution is -2.15. The number of ether oxygens (including phenoxy) is 1. The van der Waals surface area contributed by atoms with Gasteiger partial charge in [0, 0.05) is 12.6 Å². The van der Waals surface area contributed by atoms with Crippen molar-refractivity contribution < 1.29 is 9.15 Å². The fourth-order valence-electron chi connectivity index (χ4n) is 1.74. The molecule has 1 N–H and O–H groups in total. The Morgan fingerprint density at radius 3 is 3.11 bits per heavy atom. The average molecular weight is 279 g/mol. The van der Waals surface area contributed by atoms with Crippen molar-refractivity contribution in [3.8, 4) is 11.8 Å². The lowest BCUT2D eigenvalue weighted by Gasteiger charge is -2.03. The number of aromatic nitrogens is 1. The molecule has 1 aliphatic rings. The Kier molecular flexibility index (Phi) is 3.44. The summed E-state index contributed by atoms with van der Waals surface area (Å²) in [5, 5.41) is 3.91. The molecular formula is C14H15ClN2O2. The first-order valence-electron chi connectivity index (χ1n) is 6.32. The van der Waals surface area contributed by atoms with Crippen LogP contribution >= 0.6 is 11.6 Å². The number of halogens is 1. The molecule has 0 amide bonds. The van der Waals surface area contributed by atoms with E-state index in [0.29, 0.717) is 23.4 Å². The van der Waals surface area contributed by atoms with E-state index in [-0.39, 0.29) is 6.08 Å². The summed E-state index contributed by atoms with van der Waals surface area (Å²) in [7, 11) is 0. The minimum Gasteiger partial charge on any atom is -0.417 e. The van der Waals surface area contributed by atoms with Crippen LogP contribution < -0.4 is 10.1 Å². The van der Waals surface area contributed by atoms with Crippen molar-refractivity contribution >= 4 is 11.6 Å². The van der Waals surface area contributed by atoms with E-state index >= 15 is 0 Å². The highest BCUT2D eigenvalue weighted by Crippen LogP contribution is 2.29. The number of hydrogen-bond acceptors (Lipinski definition) is 4. The summed E-state index contributed by atoms with van der Waals surface area (Å²) in [6, 6.07) is 6.22. The van der Waals surface area contributed by atoms with E-state index in [2.05, 4.69) is 10.3 Å². The second-order valence-corrected chi connectivity index (χ2v) is 5.20. The van der Waals surface area contributed by atoms with Crippen molar-refractivity contribution in [2.75, 3.05) is 0 Å². The van der Waals surface area contributed by atoms with Gasteiger partial charge in [-0.05, 0) is 37.5 Å². The predicted molar refractivity (Wildman–Crippen MR) is 72.6 cm³/mol. The maximum atomic E-state index is 6.06. The van der Waals surface area contributed by atoms with Gasteiger partial charge in [0.05, 0.1) is 10.7 Å². The van der Waals surface area contributed by atoms with Gasteiger partial charge in [-0.15, -0.1) is 0 Å². The minimum absolute atomic E-state index is 0.222. The van der Waals surface area contributed by atoms with Crippen LogP contribution in [0.25, 0.3) is 0 Å². The van der Waals surface area contributed by atoms with Crippen molar-refractivity contribution in [1.29, 1.82) is 0 Å². The number of nitrogens with one attached hydrogen (secondary N) is 1. The molecule has 100 valence electrons. The molecule has 1 heterocycles. The Labute approximate surface area is 116 Å². The largest absolute Gasteiger partial charge is 0.417 e. The van der Waals surface area contributed by atoms with Crippen LogP contribution in [0.2, 0.25) is 5.02 Å². The molecular weight excluding hydrogens is 264 g/mol. The summed E-state index contributed by atoms with van der Waals surface area (Å²) in [6.07, 6.45) is 4.33. The smallest absolute Gasteiger partial charge is 0.399 e. The van der Waals surface area contributed by atoms with Gasteiger partial charge in [0.2, 0.25) is 0 Å². The highest BCUT2D eigenvalue weighted by Gasteiger charge is 2.20. The highest BCUT2D eigenvalue weighted by atomic mass is 35.5.